The summed E-state index contributed by atoms with van der Waals surface area (Å²) in [5.74, 6) is 3.18. The predicted octanol–water partition coefficient (Wildman–Crippen LogP) is 15.1. The summed E-state index contributed by atoms with van der Waals surface area (Å²) in [6.07, 6.45) is 0.108. The van der Waals surface area contributed by atoms with Crippen LogP contribution in [0.25, 0.3) is 11.1 Å². The molecule has 2 atom stereocenters. The van der Waals surface area contributed by atoms with Crippen molar-refractivity contribution in [3.63, 3.8) is 0 Å². The van der Waals surface area contributed by atoms with Crippen molar-refractivity contribution in [3.05, 3.63) is 164 Å². The highest BCUT2D eigenvalue weighted by Gasteiger charge is 2.59. The average Bonchev–Trinajstić information content (AvgIpc) is 3.57. The van der Waals surface area contributed by atoms with Crippen molar-refractivity contribution in [2.24, 2.45) is 4.99 Å². The number of pyridine rings is 1. The minimum absolute atomic E-state index is 0.00800. The van der Waals surface area contributed by atoms with Gasteiger partial charge in [-0.2, -0.15) is 0 Å². The Bertz CT molecular complexity index is 2890. The number of benzene rings is 5. The molecule has 62 heavy (non-hydrogen) atoms. The van der Waals surface area contributed by atoms with E-state index in [0.29, 0.717) is 23.0 Å². The summed E-state index contributed by atoms with van der Waals surface area (Å²) >= 11 is 0. The molecule has 9 rings (SSSR count). The molecule has 6 aromatic rings. The molecule has 0 saturated carbocycles. The Hall–Kier alpha value is -5.68. The summed E-state index contributed by atoms with van der Waals surface area (Å²) in [4.78, 5) is 12.6. The first-order valence-corrected chi connectivity index (χ1v) is 22.4. The Balaban J connectivity index is 1.21. The number of anilines is 3. The van der Waals surface area contributed by atoms with E-state index in [2.05, 4.69) is 166 Å². The van der Waals surface area contributed by atoms with Gasteiger partial charge in [0, 0.05) is 43.5 Å². The molecule has 0 N–H and O–H groups in total. The summed E-state index contributed by atoms with van der Waals surface area (Å²) in [6, 6.07) is 34.6. The first-order valence-electron chi connectivity index (χ1n) is 23.4. The van der Waals surface area contributed by atoms with E-state index in [1.54, 1.807) is 0 Å². The molecular formula is C57H63N3O2. The van der Waals surface area contributed by atoms with Gasteiger partial charge in [0.05, 0.1) is 11.4 Å². The lowest BCUT2D eigenvalue weighted by atomic mass is 9.72. The van der Waals surface area contributed by atoms with Crippen LogP contribution in [0.2, 0.25) is 0 Å². The normalized spacial score (nSPS) is 21.1. The van der Waals surface area contributed by atoms with E-state index in [4.69, 9.17) is 19.5 Å². The minimum atomic E-state index is -1.77. The second-order valence-corrected chi connectivity index (χ2v) is 20.5. The monoisotopic (exact) mass is 824 g/mol. The quantitative estimate of drug-likeness (QED) is 0.161. The lowest BCUT2D eigenvalue weighted by Gasteiger charge is -2.41. The number of rotatable bonds is 7. The Labute approximate surface area is 373 Å². The van der Waals surface area contributed by atoms with Crippen LogP contribution in [-0.4, -0.2) is 16.4 Å². The van der Waals surface area contributed by atoms with Crippen molar-refractivity contribution in [1.82, 2.24) is 4.98 Å². The Morgan fingerprint density at radius 2 is 1.40 bits per heavy atom. The van der Waals surface area contributed by atoms with E-state index in [-0.39, 0.29) is 22.7 Å². The third-order valence-electron chi connectivity index (χ3n) is 13.7. The Kier molecular flexibility index (Phi) is 9.13. The molecule has 2 aliphatic heterocycles. The van der Waals surface area contributed by atoms with Crippen molar-refractivity contribution in [2.75, 3.05) is 4.90 Å². The first-order chi connectivity index (χ1) is 30.0. The summed E-state index contributed by atoms with van der Waals surface area (Å²) < 4.78 is 33.4. The van der Waals surface area contributed by atoms with Crippen LogP contribution in [0.15, 0.2) is 108 Å². The molecule has 3 aliphatic rings. The van der Waals surface area contributed by atoms with Gasteiger partial charge in [0.2, 0.25) is 5.90 Å². The fourth-order valence-electron chi connectivity index (χ4n) is 10.1. The van der Waals surface area contributed by atoms with E-state index in [0.717, 1.165) is 50.6 Å². The van der Waals surface area contributed by atoms with E-state index < -0.39 is 17.5 Å². The third kappa shape index (κ3) is 6.66. The van der Waals surface area contributed by atoms with E-state index in [9.17, 15) is 2.74 Å². The lowest BCUT2D eigenvalue weighted by molar-refractivity contribution is 0.0450. The third-order valence-corrected chi connectivity index (χ3v) is 13.7. The van der Waals surface area contributed by atoms with Gasteiger partial charge in [0.15, 0.2) is 5.60 Å². The molecular weight excluding hydrogens is 759 g/mol. The van der Waals surface area contributed by atoms with Gasteiger partial charge < -0.3 is 9.47 Å². The summed E-state index contributed by atoms with van der Waals surface area (Å²) in [5.41, 5.74) is 13.3. The van der Waals surface area contributed by atoms with E-state index in [1.807, 2.05) is 39.1 Å². The summed E-state index contributed by atoms with van der Waals surface area (Å²) in [7, 11) is 0. The molecule has 0 bridgehead atoms. The largest absolute Gasteiger partial charge is 0.464 e. The number of ether oxygens (including phenoxy) is 2. The van der Waals surface area contributed by atoms with Gasteiger partial charge in [-0.05, 0) is 144 Å². The topological polar surface area (TPSA) is 47.0 Å². The molecule has 0 unspecified atom stereocenters. The fraction of sp³-hybridized carbons (Fsp3) is 0.368. The molecule has 0 fully saturated rings. The highest BCUT2D eigenvalue weighted by atomic mass is 16.5. The molecule has 3 heterocycles. The van der Waals surface area contributed by atoms with Crippen molar-refractivity contribution >= 4 is 23.1 Å². The molecule has 0 radical (unpaired) electrons. The lowest BCUT2D eigenvalue weighted by Crippen LogP contribution is -2.40. The molecule has 318 valence electrons. The molecule has 5 aromatic carbocycles. The van der Waals surface area contributed by atoms with Crippen LogP contribution < -0.4 is 9.64 Å². The molecule has 1 aromatic heterocycles. The smallest absolute Gasteiger partial charge is 0.217 e. The van der Waals surface area contributed by atoms with Gasteiger partial charge in [-0.15, -0.1) is 0 Å². The Morgan fingerprint density at radius 3 is 2.10 bits per heavy atom. The molecule has 0 amide bonds. The van der Waals surface area contributed by atoms with Crippen LogP contribution in [0.1, 0.15) is 152 Å². The summed E-state index contributed by atoms with van der Waals surface area (Å²) in [6.45, 7) is 30.4. The van der Waals surface area contributed by atoms with E-state index in [1.165, 1.54) is 33.4 Å². The van der Waals surface area contributed by atoms with Gasteiger partial charge in [-0.25, -0.2) is 9.98 Å². The van der Waals surface area contributed by atoms with Gasteiger partial charge in [0.25, 0.3) is 0 Å². The van der Waals surface area contributed by atoms with Crippen LogP contribution in [0.3, 0.4) is 0 Å². The number of aliphatic imine (C=N–C) groups is 1. The zero-order valence-electron chi connectivity index (χ0n) is 41.1. The van der Waals surface area contributed by atoms with Crippen LogP contribution in [0.4, 0.5) is 17.2 Å². The molecule has 5 nitrogen and oxygen atoms in total. The zero-order valence-corrected chi connectivity index (χ0v) is 39.1. The number of aromatic nitrogens is 1. The second-order valence-electron chi connectivity index (χ2n) is 20.5. The SMILES string of the molecule is [2H]C1([2H])c2c(C)cc(C)cc2[C@]2(C)OC(c3cc(Oc4cc(C)cc(N5c6ccc(C(C)(C)C)cc6C(C)(C)c6cccnc65)c4)cc(-c4c(C(C)C)cccc4C(C)C)c3)=N[C@]12C. The van der Waals surface area contributed by atoms with Crippen LogP contribution >= 0.6 is 0 Å². The second kappa shape index (κ2) is 14.4. The maximum absolute atomic E-state index is 9.62. The number of hydrogen-bond donors (Lipinski definition) is 0. The number of fused-ring (bicyclic) bond motifs is 5. The maximum atomic E-state index is 9.62. The molecule has 0 spiro atoms. The van der Waals surface area contributed by atoms with Gasteiger partial charge >= 0.3 is 0 Å². The number of hydrogen-bond acceptors (Lipinski definition) is 5. The first kappa shape index (κ1) is 39.2. The molecule has 1 aliphatic carbocycles. The number of aryl methyl sites for hydroxylation is 3. The minimum Gasteiger partial charge on any atom is -0.464 e. The number of nitrogens with zero attached hydrogens (tertiary/aromatic N) is 3. The van der Waals surface area contributed by atoms with Crippen LogP contribution in [0.5, 0.6) is 11.5 Å². The van der Waals surface area contributed by atoms with Gasteiger partial charge in [0.1, 0.15) is 22.9 Å². The molecule has 5 heteroatoms. The Morgan fingerprint density at radius 1 is 0.726 bits per heavy atom. The van der Waals surface area contributed by atoms with Crippen LogP contribution in [0, 0.1) is 20.8 Å². The van der Waals surface area contributed by atoms with Gasteiger partial charge in [-0.1, -0.05) is 116 Å². The zero-order chi connectivity index (χ0) is 46.1. The fourth-order valence-corrected chi connectivity index (χ4v) is 10.1. The highest BCUT2D eigenvalue weighted by Crippen LogP contribution is 2.55. The summed E-state index contributed by atoms with van der Waals surface area (Å²) in [5, 5.41) is 0. The highest BCUT2D eigenvalue weighted by molar-refractivity contribution is 5.98. The average molecular weight is 824 g/mol. The molecule has 0 saturated heterocycles. The van der Waals surface area contributed by atoms with Gasteiger partial charge in [-0.3, -0.25) is 4.90 Å². The van der Waals surface area contributed by atoms with Crippen LogP contribution in [-0.2, 0) is 27.5 Å². The van der Waals surface area contributed by atoms with Crippen molar-refractivity contribution in [2.45, 2.75) is 137 Å². The standard InChI is InChI=1S/C57H63N3O2/c1-33(2)44-17-15-18-45(34(3)4)51(44)38-27-39(53-59-56(13)32-46-37(7)23-35(5)26-48(46)57(56,14)62-53)29-43(28-38)61-42-25-36(6)24-41(31-42)60-50-21-20-40(54(8,9)10)30-49(50)55(11,12)47-19-16-22-58-52(47)60/h15-31,33-34H,32H2,1-14H3/t56-,57+/m1/s1/i32D2. The van der Waals surface area contributed by atoms with Crippen molar-refractivity contribution in [1.29, 1.82) is 0 Å². The predicted molar refractivity (Wildman–Crippen MR) is 258 cm³/mol. The van der Waals surface area contributed by atoms with Crippen molar-refractivity contribution in [3.8, 4) is 22.6 Å². The van der Waals surface area contributed by atoms with E-state index >= 15 is 0 Å². The van der Waals surface area contributed by atoms with Crippen molar-refractivity contribution < 1.29 is 12.2 Å². The maximum Gasteiger partial charge on any atom is 0.217 e.